The van der Waals surface area contributed by atoms with E-state index in [1.165, 1.54) is 37.9 Å². The van der Waals surface area contributed by atoms with E-state index < -0.39 is 5.97 Å². The van der Waals surface area contributed by atoms with Gasteiger partial charge in [0.25, 0.3) is 0 Å². The number of amidine groups is 1. The number of hydrogen-bond donors (Lipinski definition) is 0. The fraction of sp³-hybridized carbons (Fsp3) is 0.867. The summed E-state index contributed by atoms with van der Waals surface area (Å²) in [5.41, 5.74) is 0. The first kappa shape index (κ1) is 20.9. The molecule has 0 aromatic heterocycles. The third-order valence-corrected chi connectivity index (χ3v) is 3.49. The largest absolute Gasteiger partial charge is 1.00 e. The van der Waals surface area contributed by atoms with E-state index in [1.54, 1.807) is 0 Å². The van der Waals surface area contributed by atoms with Crippen LogP contribution in [0.4, 0.5) is 0 Å². The van der Waals surface area contributed by atoms with Crippen LogP contribution < -0.4 is 34.7 Å². The molecule has 0 saturated heterocycles. The van der Waals surface area contributed by atoms with E-state index in [9.17, 15) is 9.90 Å². The minimum Gasteiger partial charge on any atom is -0.550 e. The van der Waals surface area contributed by atoms with Crippen molar-refractivity contribution in [1.29, 1.82) is 0 Å². The second-order valence-electron chi connectivity index (χ2n) is 5.18. The van der Waals surface area contributed by atoms with E-state index in [4.69, 9.17) is 4.74 Å². The minimum absolute atomic E-state index is 0. The number of rotatable bonds is 12. The average molecular weight is 306 g/mol. The van der Waals surface area contributed by atoms with Gasteiger partial charge in [0.05, 0.1) is 25.6 Å². The van der Waals surface area contributed by atoms with Crippen molar-refractivity contribution >= 4 is 11.8 Å². The summed E-state index contributed by atoms with van der Waals surface area (Å²) in [7, 11) is 0. The summed E-state index contributed by atoms with van der Waals surface area (Å²) in [5, 5.41) is 10.2. The standard InChI is InChI=1S/C15H28N2O3.Na/c1-2-3-4-5-6-7-14-16-9-10-17(14)11-13-20-12-8-15(18)19;/h2-13H2,1H3,(H,18,19);/q;+1/p-1. The van der Waals surface area contributed by atoms with E-state index in [2.05, 4.69) is 16.8 Å². The van der Waals surface area contributed by atoms with Crippen LogP contribution in [0.3, 0.4) is 0 Å². The number of carboxylic acids is 1. The number of aliphatic carboxylic acids is 1. The number of aliphatic imine (C=N–C) groups is 1. The Bertz CT molecular complexity index is 311. The monoisotopic (exact) mass is 306 g/mol. The van der Waals surface area contributed by atoms with Gasteiger partial charge in [-0.2, -0.15) is 0 Å². The van der Waals surface area contributed by atoms with Crippen molar-refractivity contribution in [3.8, 4) is 0 Å². The van der Waals surface area contributed by atoms with Gasteiger partial charge in [-0.15, -0.1) is 0 Å². The Hall–Kier alpha value is -0.100. The molecule has 6 heteroatoms. The van der Waals surface area contributed by atoms with Crippen molar-refractivity contribution in [3.63, 3.8) is 0 Å². The van der Waals surface area contributed by atoms with E-state index >= 15 is 0 Å². The predicted octanol–water partition coefficient (Wildman–Crippen LogP) is -1.78. The van der Waals surface area contributed by atoms with Gasteiger partial charge in [-0.25, -0.2) is 0 Å². The molecule has 1 rings (SSSR count). The van der Waals surface area contributed by atoms with E-state index in [-0.39, 0.29) is 42.6 Å². The summed E-state index contributed by atoms with van der Waals surface area (Å²) in [5.74, 6) is 0.144. The normalized spacial score (nSPS) is 14.0. The van der Waals surface area contributed by atoms with Crippen LogP contribution in [0.2, 0.25) is 0 Å². The molecule has 116 valence electrons. The number of carboxylic acid groups (broad SMARTS) is 1. The van der Waals surface area contributed by atoms with Gasteiger partial charge in [0.15, 0.2) is 0 Å². The fourth-order valence-electron chi connectivity index (χ4n) is 2.33. The number of unbranched alkanes of at least 4 members (excludes halogenated alkanes) is 4. The van der Waals surface area contributed by atoms with Gasteiger partial charge in [-0.3, -0.25) is 4.99 Å². The molecule has 0 aromatic carbocycles. The zero-order valence-corrected chi connectivity index (χ0v) is 15.6. The minimum atomic E-state index is -1.06. The van der Waals surface area contributed by atoms with Crippen molar-refractivity contribution in [2.45, 2.75) is 51.9 Å². The first-order valence-electron chi connectivity index (χ1n) is 7.80. The first-order valence-corrected chi connectivity index (χ1v) is 7.80. The molecule has 21 heavy (non-hydrogen) atoms. The van der Waals surface area contributed by atoms with Gasteiger partial charge in [0, 0.05) is 31.9 Å². The Morgan fingerprint density at radius 2 is 2.05 bits per heavy atom. The number of carbonyl (C=O) groups excluding carboxylic acids is 1. The topological polar surface area (TPSA) is 65.0 Å². The van der Waals surface area contributed by atoms with Crippen molar-refractivity contribution in [2.75, 3.05) is 32.8 Å². The molecule has 0 N–H and O–H groups in total. The van der Waals surface area contributed by atoms with Crippen LogP contribution in [0, 0.1) is 0 Å². The van der Waals surface area contributed by atoms with Gasteiger partial charge < -0.3 is 19.5 Å². The van der Waals surface area contributed by atoms with Crippen LogP contribution >= 0.6 is 0 Å². The Balaban J connectivity index is 0.00000400. The van der Waals surface area contributed by atoms with Crippen LogP contribution in [0.15, 0.2) is 4.99 Å². The second kappa shape index (κ2) is 13.6. The molecule has 0 spiro atoms. The molecule has 0 atom stereocenters. The molecule has 1 aliphatic heterocycles. The van der Waals surface area contributed by atoms with Crippen LogP contribution in [-0.2, 0) is 9.53 Å². The molecule has 0 bridgehead atoms. The summed E-state index contributed by atoms with van der Waals surface area (Å²) in [6, 6.07) is 0. The molecule has 0 aliphatic carbocycles. The predicted molar refractivity (Wildman–Crippen MR) is 77.7 cm³/mol. The molecular weight excluding hydrogens is 279 g/mol. The summed E-state index contributed by atoms with van der Waals surface area (Å²) in [6.45, 7) is 5.67. The molecule has 0 aromatic rings. The third kappa shape index (κ3) is 10.3. The Morgan fingerprint density at radius 3 is 2.76 bits per heavy atom. The molecule has 1 aliphatic rings. The van der Waals surface area contributed by atoms with E-state index in [0.29, 0.717) is 6.61 Å². The fourth-order valence-corrected chi connectivity index (χ4v) is 2.33. The number of hydrogen-bond acceptors (Lipinski definition) is 5. The molecule has 0 unspecified atom stereocenters. The Morgan fingerprint density at radius 1 is 1.29 bits per heavy atom. The van der Waals surface area contributed by atoms with Gasteiger partial charge in [0.1, 0.15) is 0 Å². The second-order valence-corrected chi connectivity index (χ2v) is 5.18. The SMILES string of the molecule is CCCCCCCC1=NCCN1CCOCCC(=O)[O-].[Na+]. The smallest absolute Gasteiger partial charge is 0.550 e. The maximum absolute atomic E-state index is 10.2. The van der Waals surface area contributed by atoms with Crippen molar-refractivity contribution in [1.82, 2.24) is 4.90 Å². The molecule has 0 saturated carbocycles. The molecule has 1 heterocycles. The maximum atomic E-state index is 10.2. The van der Waals surface area contributed by atoms with Crippen molar-refractivity contribution in [2.24, 2.45) is 4.99 Å². The van der Waals surface area contributed by atoms with Crippen molar-refractivity contribution < 1.29 is 44.2 Å². The van der Waals surface area contributed by atoms with Crippen LogP contribution in [-0.4, -0.2) is 49.6 Å². The number of nitrogens with zero attached hydrogens (tertiary/aromatic N) is 2. The summed E-state index contributed by atoms with van der Waals surface area (Å²) in [4.78, 5) is 17.1. The first-order chi connectivity index (χ1) is 9.74. The van der Waals surface area contributed by atoms with Gasteiger partial charge in [-0.1, -0.05) is 32.6 Å². The quantitative estimate of drug-likeness (QED) is 0.316. The van der Waals surface area contributed by atoms with Gasteiger partial charge in [-0.05, 0) is 6.42 Å². The Kier molecular flexibility index (Phi) is 13.5. The van der Waals surface area contributed by atoms with Crippen molar-refractivity contribution in [3.05, 3.63) is 0 Å². The van der Waals surface area contributed by atoms with Crippen LogP contribution in [0.1, 0.15) is 51.9 Å². The molecule has 0 amide bonds. The average Bonchev–Trinajstić information content (AvgIpc) is 2.85. The van der Waals surface area contributed by atoms with Gasteiger partial charge in [0.2, 0.25) is 0 Å². The number of carbonyl (C=O) groups is 1. The molecule has 0 radical (unpaired) electrons. The van der Waals surface area contributed by atoms with E-state index in [1.807, 2.05) is 0 Å². The summed E-state index contributed by atoms with van der Waals surface area (Å²) >= 11 is 0. The Labute approximate surface area is 150 Å². The molecular formula is C15H27N2NaO3. The maximum Gasteiger partial charge on any atom is 1.00 e. The summed E-state index contributed by atoms with van der Waals surface area (Å²) in [6.07, 6.45) is 7.43. The molecule has 5 nitrogen and oxygen atoms in total. The van der Waals surface area contributed by atoms with Crippen LogP contribution in [0.5, 0.6) is 0 Å². The zero-order valence-electron chi connectivity index (χ0n) is 13.6. The molecule has 0 fully saturated rings. The zero-order chi connectivity index (χ0) is 14.6. The summed E-state index contributed by atoms with van der Waals surface area (Å²) < 4.78 is 5.29. The van der Waals surface area contributed by atoms with E-state index in [0.717, 1.165) is 26.1 Å². The van der Waals surface area contributed by atoms with Crippen LogP contribution in [0.25, 0.3) is 0 Å². The third-order valence-electron chi connectivity index (χ3n) is 3.49. The van der Waals surface area contributed by atoms with Gasteiger partial charge >= 0.3 is 29.6 Å². The number of ether oxygens (including phenoxy) is 1.